The minimum atomic E-state index is 0.242. The van der Waals surface area contributed by atoms with Crippen LogP contribution in [0.2, 0.25) is 15.1 Å². The molecule has 19 heavy (non-hydrogen) atoms. The minimum absolute atomic E-state index is 0.242. The Hall–Kier alpha value is -1.23. The summed E-state index contributed by atoms with van der Waals surface area (Å²) in [5.74, 6) is 1.14. The monoisotopic (exact) mass is 317 g/mol. The molecule has 4 nitrogen and oxygen atoms in total. The first-order chi connectivity index (χ1) is 9.08. The lowest BCUT2D eigenvalue weighted by Crippen LogP contribution is -2.02. The molecule has 1 N–H and O–H groups in total. The van der Waals surface area contributed by atoms with Crippen LogP contribution in [0.1, 0.15) is 6.92 Å². The van der Waals surface area contributed by atoms with Crippen LogP contribution in [0.4, 0.5) is 5.95 Å². The van der Waals surface area contributed by atoms with Crippen LogP contribution in [0.15, 0.2) is 24.4 Å². The summed E-state index contributed by atoms with van der Waals surface area (Å²) in [6.07, 6.45) is 1.47. The van der Waals surface area contributed by atoms with Crippen LogP contribution in [0.3, 0.4) is 0 Å². The number of halogens is 3. The minimum Gasteiger partial charge on any atom is -0.437 e. The van der Waals surface area contributed by atoms with Crippen molar-refractivity contribution in [3.8, 4) is 11.6 Å². The van der Waals surface area contributed by atoms with Crippen molar-refractivity contribution in [2.24, 2.45) is 0 Å². The van der Waals surface area contributed by atoms with Crippen molar-refractivity contribution in [2.75, 3.05) is 11.9 Å². The number of hydrogen-bond acceptors (Lipinski definition) is 4. The molecule has 0 aliphatic rings. The van der Waals surface area contributed by atoms with Crippen LogP contribution >= 0.6 is 34.8 Å². The van der Waals surface area contributed by atoms with Crippen LogP contribution in [-0.2, 0) is 0 Å². The topological polar surface area (TPSA) is 47.0 Å². The molecule has 0 saturated heterocycles. The average molecular weight is 319 g/mol. The lowest BCUT2D eigenvalue weighted by Gasteiger charge is -2.09. The van der Waals surface area contributed by atoms with Gasteiger partial charge in [0.1, 0.15) is 10.8 Å². The summed E-state index contributed by atoms with van der Waals surface area (Å²) in [6.45, 7) is 2.64. The second-order valence-corrected chi connectivity index (χ2v) is 4.86. The number of rotatable bonds is 4. The number of ether oxygens (including phenoxy) is 1. The summed E-state index contributed by atoms with van der Waals surface area (Å²) in [4.78, 5) is 8.17. The molecule has 100 valence electrons. The second kappa shape index (κ2) is 6.28. The molecule has 7 heteroatoms. The predicted octanol–water partition coefficient (Wildman–Crippen LogP) is 4.66. The van der Waals surface area contributed by atoms with Crippen molar-refractivity contribution in [3.63, 3.8) is 0 Å². The molecule has 0 saturated carbocycles. The smallest absolute Gasteiger partial charge is 0.243 e. The molecular weight excluding hydrogens is 309 g/mol. The fourth-order valence-corrected chi connectivity index (χ4v) is 2.00. The average Bonchev–Trinajstić information content (AvgIpc) is 2.32. The predicted molar refractivity (Wildman–Crippen MR) is 77.7 cm³/mol. The van der Waals surface area contributed by atoms with Gasteiger partial charge >= 0.3 is 0 Å². The summed E-state index contributed by atoms with van der Waals surface area (Å²) >= 11 is 17.8. The molecule has 0 radical (unpaired) electrons. The van der Waals surface area contributed by atoms with Gasteiger partial charge in [-0.05, 0) is 25.1 Å². The fourth-order valence-electron chi connectivity index (χ4n) is 1.37. The Kier molecular flexibility index (Phi) is 4.69. The molecular formula is C12H10Cl3N3O. The Balaban J connectivity index is 2.28. The van der Waals surface area contributed by atoms with Gasteiger partial charge in [0, 0.05) is 16.6 Å². The van der Waals surface area contributed by atoms with Gasteiger partial charge in [-0.2, -0.15) is 4.98 Å². The largest absolute Gasteiger partial charge is 0.437 e. The first kappa shape index (κ1) is 14.2. The number of nitrogens with one attached hydrogen (secondary N) is 1. The van der Waals surface area contributed by atoms with E-state index in [4.69, 9.17) is 39.5 Å². The van der Waals surface area contributed by atoms with Crippen LogP contribution in [0.25, 0.3) is 0 Å². The highest BCUT2D eigenvalue weighted by Gasteiger charge is 2.09. The number of aromatic nitrogens is 2. The SMILES string of the molecule is CCNc1ncc(Cl)c(Oc2cc(Cl)cc(Cl)c2)n1. The number of benzene rings is 1. The summed E-state index contributed by atoms with van der Waals surface area (Å²) in [5.41, 5.74) is 0. The molecule has 0 fully saturated rings. The van der Waals surface area contributed by atoms with Gasteiger partial charge in [0.15, 0.2) is 0 Å². The molecule has 2 aromatic rings. The zero-order valence-electron chi connectivity index (χ0n) is 9.95. The van der Waals surface area contributed by atoms with E-state index in [0.29, 0.717) is 33.3 Å². The lowest BCUT2D eigenvalue weighted by molar-refractivity contribution is 0.462. The van der Waals surface area contributed by atoms with Crippen LogP contribution in [0, 0.1) is 0 Å². The van der Waals surface area contributed by atoms with Crippen molar-refractivity contribution >= 4 is 40.8 Å². The first-order valence-electron chi connectivity index (χ1n) is 5.49. The molecule has 0 atom stereocenters. The van der Waals surface area contributed by atoms with E-state index < -0.39 is 0 Å². The Labute approximate surface area is 125 Å². The highest BCUT2D eigenvalue weighted by Crippen LogP contribution is 2.31. The standard InChI is InChI=1S/C12H10Cl3N3O/c1-2-16-12-17-6-10(15)11(18-12)19-9-4-7(13)3-8(14)5-9/h3-6H,2H2,1H3,(H,16,17,18). The van der Waals surface area contributed by atoms with E-state index in [1.807, 2.05) is 6.92 Å². The van der Waals surface area contributed by atoms with Crippen molar-refractivity contribution in [1.29, 1.82) is 0 Å². The highest BCUT2D eigenvalue weighted by molar-refractivity contribution is 6.34. The van der Waals surface area contributed by atoms with Crippen LogP contribution < -0.4 is 10.1 Å². The van der Waals surface area contributed by atoms with Gasteiger partial charge in [0.25, 0.3) is 0 Å². The molecule has 2 rings (SSSR count). The van der Waals surface area contributed by atoms with Gasteiger partial charge in [0.2, 0.25) is 11.8 Å². The third-order valence-corrected chi connectivity index (χ3v) is 2.79. The Bertz CT molecular complexity index is 572. The summed E-state index contributed by atoms with van der Waals surface area (Å²) in [6, 6.07) is 4.86. The second-order valence-electron chi connectivity index (χ2n) is 3.58. The van der Waals surface area contributed by atoms with Gasteiger partial charge < -0.3 is 10.1 Å². The zero-order chi connectivity index (χ0) is 13.8. The van der Waals surface area contributed by atoms with Gasteiger partial charge in [-0.15, -0.1) is 0 Å². The lowest BCUT2D eigenvalue weighted by atomic mass is 10.3. The third kappa shape index (κ3) is 3.86. The van der Waals surface area contributed by atoms with Gasteiger partial charge in [-0.3, -0.25) is 0 Å². The van der Waals surface area contributed by atoms with Crippen molar-refractivity contribution in [1.82, 2.24) is 9.97 Å². The normalized spacial score (nSPS) is 10.3. The molecule has 0 aliphatic carbocycles. The van der Waals surface area contributed by atoms with E-state index in [-0.39, 0.29) is 5.88 Å². The number of nitrogens with zero attached hydrogens (tertiary/aromatic N) is 2. The first-order valence-corrected chi connectivity index (χ1v) is 6.62. The van der Waals surface area contributed by atoms with E-state index in [1.54, 1.807) is 18.2 Å². The van der Waals surface area contributed by atoms with E-state index in [1.165, 1.54) is 6.20 Å². The fraction of sp³-hybridized carbons (Fsp3) is 0.167. The molecule has 1 aromatic carbocycles. The zero-order valence-corrected chi connectivity index (χ0v) is 12.2. The van der Waals surface area contributed by atoms with E-state index in [0.717, 1.165) is 0 Å². The highest BCUT2D eigenvalue weighted by atomic mass is 35.5. The molecule has 1 aromatic heterocycles. The molecule has 1 heterocycles. The molecule has 0 bridgehead atoms. The maximum Gasteiger partial charge on any atom is 0.243 e. The molecule has 0 aliphatic heterocycles. The summed E-state index contributed by atoms with van der Waals surface area (Å²) < 4.78 is 5.57. The summed E-state index contributed by atoms with van der Waals surface area (Å²) in [7, 11) is 0. The molecule has 0 amide bonds. The van der Waals surface area contributed by atoms with Crippen molar-refractivity contribution in [3.05, 3.63) is 39.5 Å². The maximum atomic E-state index is 5.98. The van der Waals surface area contributed by atoms with E-state index >= 15 is 0 Å². The van der Waals surface area contributed by atoms with Gasteiger partial charge in [0.05, 0.1) is 6.20 Å². The number of anilines is 1. The number of hydrogen-bond donors (Lipinski definition) is 1. The van der Waals surface area contributed by atoms with Crippen LogP contribution in [-0.4, -0.2) is 16.5 Å². The van der Waals surface area contributed by atoms with E-state index in [2.05, 4.69) is 15.3 Å². The van der Waals surface area contributed by atoms with E-state index in [9.17, 15) is 0 Å². The van der Waals surface area contributed by atoms with Gasteiger partial charge in [-0.25, -0.2) is 4.98 Å². The molecule has 0 unspecified atom stereocenters. The molecule has 0 spiro atoms. The third-order valence-electron chi connectivity index (χ3n) is 2.10. The summed E-state index contributed by atoms with van der Waals surface area (Å²) in [5, 5.41) is 4.22. The van der Waals surface area contributed by atoms with Crippen molar-refractivity contribution < 1.29 is 4.74 Å². The Morgan fingerprint density at radius 3 is 2.47 bits per heavy atom. The maximum absolute atomic E-state index is 5.98. The Morgan fingerprint density at radius 1 is 1.16 bits per heavy atom. The Morgan fingerprint density at radius 2 is 1.84 bits per heavy atom. The van der Waals surface area contributed by atoms with Crippen LogP contribution in [0.5, 0.6) is 11.6 Å². The van der Waals surface area contributed by atoms with Crippen molar-refractivity contribution in [2.45, 2.75) is 6.92 Å². The van der Waals surface area contributed by atoms with Gasteiger partial charge in [-0.1, -0.05) is 34.8 Å². The quantitative estimate of drug-likeness (QED) is 0.890.